The van der Waals surface area contributed by atoms with E-state index in [1.807, 2.05) is 0 Å². The third-order valence-corrected chi connectivity index (χ3v) is 5.13. The third-order valence-electron chi connectivity index (χ3n) is 5.13. The van der Waals surface area contributed by atoms with Gasteiger partial charge in [-0.1, -0.05) is 24.3 Å². The van der Waals surface area contributed by atoms with Crippen LogP contribution in [-0.4, -0.2) is 26.0 Å². The van der Waals surface area contributed by atoms with Gasteiger partial charge < -0.3 is 10.4 Å². The number of hydrogen-bond donors (Lipinski definition) is 4. The minimum absolute atomic E-state index is 0.121. The summed E-state index contributed by atoms with van der Waals surface area (Å²) < 4.78 is 0. The zero-order chi connectivity index (χ0) is 19.6. The smallest absolute Gasteiger partial charge is 0.270 e. The van der Waals surface area contributed by atoms with Crippen molar-refractivity contribution >= 4 is 23.0 Å². The number of fused-ring (bicyclic) bond motifs is 3. The molecule has 2 aromatic carbocycles. The zero-order valence-electron chi connectivity index (χ0n) is 14.1. The van der Waals surface area contributed by atoms with E-state index < -0.39 is 16.4 Å². The van der Waals surface area contributed by atoms with Crippen LogP contribution >= 0.6 is 0 Å². The Hall–Kier alpha value is -4.14. The highest BCUT2D eigenvalue weighted by molar-refractivity contribution is 6.23. The molecule has 1 aliphatic carbocycles. The molecule has 0 fully saturated rings. The van der Waals surface area contributed by atoms with Crippen LogP contribution in [0.25, 0.3) is 5.70 Å². The van der Waals surface area contributed by atoms with E-state index in [2.05, 4.69) is 15.5 Å². The molecule has 2 aliphatic rings. The fourth-order valence-electron chi connectivity index (χ4n) is 3.92. The second-order valence-electron chi connectivity index (χ2n) is 6.59. The van der Waals surface area contributed by atoms with Gasteiger partial charge >= 0.3 is 0 Å². The number of carbonyl (C=O) groups excluding carboxylic acids is 1. The Morgan fingerprint density at radius 3 is 2.54 bits per heavy atom. The van der Waals surface area contributed by atoms with Crippen LogP contribution in [0, 0.1) is 10.1 Å². The number of aromatic amines is 2. The Balaban J connectivity index is 1.82. The number of nitrogens with zero attached hydrogens (tertiary/aromatic N) is 1. The number of rotatable bonds is 2. The lowest BCUT2D eigenvalue weighted by molar-refractivity contribution is -0.384. The van der Waals surface area contributed by atoms with E-state index in [4.69, 9.17) is 0 Å². The third kappa shape index (κ3) is 2.01. The highest BCUT2D eigenvalue weighted by atomic mass is 16.6. The summed E-state index contributed by atoms with van der Waals surface area (Å²) in [6.45, 7) is 0. The molecule has 9 nitrogen and oxygen atoms in total. The highest BCUT2D eigenvalue weighted by Gasteiger charge is 2.43. The number of carbonyl (C=O) groups is 1. The van der Waals surface area contributed by atoms with Gasteiger partial charge in [0.15, 0.2) is 5.78 Å². The molecule has 0 spiro atoms. The maximum absolute atomic E-state index is 13.2. The molecule has 1 aliphatic heterocycles. The van der Waals surface area contributed by atoms with Crippen LogP contribution in [0.4, 0.5) is 11.5 Å². The van der Waals surface area contributed by atoms with Crippen molar-refractivity contribution in [3.8, 4) is 5.75 Å². The van der Waals surface area contributed by atoms with Crippen molar-refractivity contribution in [1.29, 1.82) is 0 Å². The predicted octanol–water partition coefficient (Wildman–Crippen LogP) is 2.48. The van der Waals surface area contributed by atoms with Crippen molar-refractivity contribution in [2.45, 2.75) is 5.92 Å². The van der Waals surface area contributed by atoms with Crippen LogP contribution in [0.3, 0.4) is 0 Å². The van der Waals surface area contributed by atoms with Gasteiger partial charge in [0.2, 0.25) is 0 Å². The number of aromatic hydroxyl groups is 1. The Kier molecular flexibility index (Phi) is 3.11. The maximum atomic E-state index is 13.2. The van der Waals surface area contributed by atoms with Crippen molar-refractivity contribution in [3.05, 3.63) is 90.8 Å². The number of aromatic nitrogens is 2. The number of allylic oxidation sites excluding steroid dienone is 1. The lowest BCUT2D eigenvalue weighted by Gasteiger charge is -2.25. The van der Waals surface area contributed by atoms with E-state index in [9.17, 15) is 24.8 Å². The molecule has 9 heteroatoms. The van der Waals surface area contributed by atoms with E-state index in [-0.39, 0.29) is 33.9 Å². The monoisotopic (exact) mass is 376 g/mol. The van der Waals surface area contributed by atoms with Gasteiger partial charge in [0.25, 0.3) is 11.2 Å². The number of phenols is 1. The van der Waals surface area contributed by atoms with E-state index in [0.717, 1.165) is 0 Å². The molecule has 4 N–H and O–H groups in total. The second-order valence-corrected chi connectivity index (χ2v) is 6.59. The van der Waals surface area contributed by atoms with Crippen molar-refractivity contribution in [2.24, 2.45) is 0 Å². The predicted molar refractivity (Wildman–Crippen MR) is 99.3 cm³/mol. The first-order valence-corrected chi connectivity index (χ1v) is 8.40. The quantitative estimate of drug-likeness (QED) is 0.400. The molecule has 138 valence electrons. The number of non-ortho nitro benzene ring substituents is 1. The first-order chi connectivity index (χ1) is 13.5. The minimum Gasteiger partial charge on any atom is -0.508 e. The zero-order valence-corrected chi connectivity index (χ0v) is 14.1. The highest BCUT2D eigenvalue weighted by Crippen LogP contribution is 2.49. The molecule has 0 amide bonds. The molecule has 2 heterocycles. The molecule has 0 bridgehead atoms. The van der Waals surface area contributed by atoms with Gasteiger partial charge in [-0.25, -0.2) is 0 Å². The maximum Gasteiger partial charge on any atom is 0.270 e. The first-order valence-electron chi connectivity index (χ1n) is 8.40. The lowest BCUT2D eigenvalue weighted by atomic mass is 9.81. The van der Waals surface area contributed by atoms with Crippen LogP contribution < -0.4 is 10.9 Å². The number of H-pyrrole nitrogens is 2. The van der Waals surface area contributed by atoms with Crippen LogP contribution in [0.5, 0.6) is 5.75 Å². The molecule has 28 heavy (non-hydrogen) atoms. The Morgan fingerprint density at radius 1 is 1.04 bits per heavy atom. The van der Waals surface area contributed by atoms with Crippen molar-refractivity contribution in [1.82, 2.24) is 10.2 Å². The molecule has 1 atom stereocenters. The summed E-state index contributed by atoms with van der Waals surface area (Å²) in [5, 5.41) is 30.0. The first kappa shape index (κ1) is 16.1. The summed E-state index contributed by atoms with van der Waals surface area (Å²) in [6, 6.07) is 10.6. The van der Waals surface area contributed by atoms with Gasteiger partial charge in [-0.3, -0.25) is 29.9 Å². The number of hydrogen-bond acceptors (Lipinski definition) is 6. The average Bonchev–Trinajstić information content (AvgIpc) is 3.20. The number of phenolic OH excluding ortho intramolecular Hbond substituents is 1. The summed E-state index contributed by atoms with van der Waals surface area (Å²) in [4.78, 5) is 36.3. The largest absolute Gasteiger partial charge is 0.508 e. The Bertz CT molecular complexity index is 1280. The number of anilines is 1. The summed E-state index contributed by atoms with van der Waals surface area (Å²) in [6.07, 6.45) is 0. The van der Waals surface area contributed by atoms with Crippen LogP contribution in [0.2, 0.25) is 0 Å². The van der Waals surface area contributed by atoms with E-state index >= 15 is 0 Å². The number of Topliss-reactive ketones (excluding diaryl/α,β-unsaturated/α-hetero) is 1. The minimum atomic E-state index is -0.957. The average molecular weight is 376 g/mol. The summed E-state index contributed by atoms with van der Waals surface area (Å²) in [7, 11) is 0. The van der Waals surface area contributed by atoms with E-state index in [0.29, 0.717) is 22.6 Å². The second kappa shape index (κ2) is 5.43. The van der Waals surface area contributed by atoms with Gasteiger partial charge in [-0.05, 0) is 6.07 Å². The lowest BCUT2D eigenvalue weighted by Crippen LogP contribution is -2.23. The van der Waals surface area contributed by atoms with Gasteiger partial charge in [0.05, 0.1) is 22.1 Å². The number of nitro groups is 1. The molecule has 5 rings (SSSR count). The van der Waals surface area contributed by atoms with Crippen molar-refractivity contribution < 1.29 is 14.8 Å². The Morgan fingerprint density at radius 2 is 1.79 bits per heavy atom. The molecular formula is C19H12N4O5. The fraction of sp³-hybridized carbons (Fsp3) is 0.0526. The summed E-state index contributed by atoms with van der Waals surface area (Å²) in [5.74, 6) is -1.13. The van der Waals surface area contributed by atoms with E-state index in [1.54, 1.807) is 24.3 Å². The van der Waals surface area contributed by atoms with Crippen molar-refractivity contribution in [2.75, 3.05) is 5.32 Å². The summed E-state index contributed by atoms with van der Waals surface area (Å²) in [5.41, 5.74) is 1.51. The van der Waals surface area contributed by atoms with E-state index in [1.165, 1.54) is 18.2 Å². The topological polar surface area (TPSA) is 141 Å². The number of ketones is 1. The molecule has 0 saturated carbocycles. The molecular weight excluding hydrogens is 364 g/mol. The van der Waals surface area contributed by atoms with Crippen LogP contribution in [0.1, 0.15) is 33.0 Å². The van der Waals surface area contributed by atoms with Crippen molar-refractivity contribution in [3.63, 3.8) is 0 Å². The molecule has 0 unspecified atom stereocenters. The van der Waals surface area contributed by atoms with Gasteiger partial charge in [0.1, 0.15) is 11.6 Å². The number of nitrogens with one attached hydrogen (secondary N) is 3. The molecule has 0 saturated heterocycles. The standard InChI is InChI=1S/C19H12N4O5/c24-12-6-5-8(23(27)28)7-11(12)13-14-16(20-18-15(13)19(26)22-21-18)9-3-1-2-4-10(9)17(14)25/h1-7,13,24H,(H3,20,21,22,26)/t13-/m0/s1. The SMILES string of the molecule is O=C1C2=C(Nc3[nH][nH]c(=O)c3[C@H]2c2cc([N+](=O)[O-])ccc2O)c2ccccc21. The molecule has 0 radical (unpaired) electrons. The van der Waals surface area contributed by atoms with Crippen LogP contribution in [0.15, 0.2) is 52.8 Å². The number of benzene rings is 2. The van der Waals surface area contributed by atoms with Crippen LogP contribution in [-0.2, 0) is 0 Å². The molecule has 1 aromatic heterocycles. The normalized spacial score (nSPS) is 17.0. The fourth-order valence-corrected chi connectivity index (χ4v) is 3.92. The molecule has 3 aromatic rings. The number of nitro benzene ring substituents is 1. The van der Waals surface area contributed by atoms with Gasteiger partial charge in [-0.2, -0.15) is 0 Å². The van der Waals surface area contributed by atoms with Gasteiger partial charge in [0, 0.05) is 34.4 Å². The van der Waals surface area contributed by atoms with Gasteiger partial charge in [-0.15, -0.1) is 0 Å². The summed E-state index contributed by atoms with van der Waals surface area (Å²) >= 11 is 0. The Labute approximate surface area is 156 Å².